The van der Waals surface area contributed by atoms with Crippen molar-refractivity contribution in [3.8, 4) is 0 Å². The number of rotatable bonds is 4. The molecule has 2 aromatic carbocycles. The minimum Gasteiger partial charge on any atom is -0.481 e. The topological polar surface area (TPSA) is 66.8 Å². The lowest BCUT2D eigenvalue weighted by atomic mass is 9.99. The summed E-state index contributed by atoms with van der Waals surface area (Å²) in [7, 11) is 0. The van der Waals surface area contributed by atoms with Crippen LogP contribution in [-0.2, 0) is 14.3 Å². The molecule has 0 aliphatic carbocycles. The van der Waals surface area contributed by atoms with Crippen LogP contribution in [0.25, 0.3) is 0 Å². The minimum absolute atomic E-state index is 0.192. The second kappa shape index (κ2) is 7.89. The van der Waals surface area contributed by atoms with Gasteiger partial charge in [0.1, 0.15) is 12.2 Å². The normalized spacial score (nSPS) is 19.7. The van der Waals surface area contributed by atoms with Gasteiger partial charge in [0.05, 0.1) is 12.1 Å². The first kappa shape index (κ1) is 19.7. The molecule has 3 rings (SSSR count). The summed E-state index contributed by atoms with van der Waals surface area (Å²) in [5.74, 6) is -1.51. The van der Waals surface area contributed by atoms with Crippen LogP contribution < -0.4 is 4.90 Å². The van der Waals surface area contributed by atoms with Gasteiger partial charge in [0.15, 0.2) is 0 Å². The number of carbonyl (C=O) groups is 2. The van der Waals surface area contributed by atoms with E-state index in [0.29, 0.717) is 26.9 Å². The van der Waals surface area contributed by atoms with Crippen molar-refractivity contribution < 1.29 is 19.4 Å². The Balaban J connectivity index is 2.23. The zero-order valence-corrected chi connectivity index (χ0v) is 16.4. The highest BCUT2D eigenvalue weighted by Gasteiger charge is 2.39. The first-order valence-electron chi connectivity index (χ1n) is 8.53. The second-order valence-corrected chi connectivity index (χ2v) is 7.47. The summed E-state index contributed by atoms with van der Waals surface area (Å²) in [6, 6.07) is 12.1. The van der Waals surface area contributed by atoms with Gasteiger partial charge >= 0.3 is 5.97 Å². The average molecular weight is 408 g/mol. The van der Waals surface area contributed by atoms with Crippen molar-refractivity contribution in [3.63, 3.8) is 0 Å². The summed E-state index contributed by atoms with van der Waals surface area (Å²) in [5, 5.41) is 10.2. The van der Waals surface area contributed by atoms with Gasteiger partial charge in [-0.2, -0.15) is 0 Å². The maximum atomic E-state index is 13.1. The quantitative estimate of drug-likeness (QED) is 0.797. The van der Waals surface area contributed by atoms with Crippen molar-refractivity contribution in [1.29, 1.82) is 0 Å². The number of carboxylic acid groups (broad SMARTS) is 1. The molecule has 142 valence electrons. The molecule has 2 aromatic rings. The molecule has 0 spiro atoms. The number of anilines is 1. The predicted octanol–water partition coefficient (Wildman–Crippen LogP) is 4.70. The van der Waals surface area contributed by atoms with Gasteiger partial charge in [0.2, 0.25) is 0 Å². The molecule has 0 bridgehead atoms. The molecule has 0 aromatic heterocycles. The van der Waals surface area contributed by atoms with E-state index in [-0.39, 0.29) is 6.04 Å². The molecular formula is C20H19Cl2NO4. The summed E-state index contributed by atoms with van der Waals surface area (Å²) in [5.41, 5.74) is 1.96. The number of hydrogen-bond acceptors (Lipinski definition) is 3. The van der Waals surface area contributed by atoms with Gasteiger partial charge in [0, 0.05) is 27.2 Å². The van der Waals surface area contributed by atoms with Crippen LogP contribution in [-0.4, -0.2) is 29.1 Å². The number of carbonyl (C=O) groups excluding carboxylic acids is 1. The Bertz CT molecular complexity index is 884. The molecule has 0 saturated heterocycles. The molecule has 0 fully saturated rings. The Kier molecular flexibility index (Phi) is 5.75. The molecule has 27 heavy (non-hydrogen) atoms. The van der Waals surface area contributed by atoms with Crippen LogP contribution in [0.15, 0.2) is 42.5 Å². The monoisotopic (exact) mass is 407 g/mol. The number of benzene rings is 2. The fourth-order valence-electron chi connectivity index (χ4n) is 3.28. The number of ether oxygens (including phenoxy) is 1. The maximum absolute atomic E-state index is 13.1. The molecular weight excluding hydrogens is 389 g/mol. The fourth-order valence-corrected chi connectivity index (χ4v) is 3.69. The largest absolute Gasteiger partial charge is 0.481 e. The molecule has 5 nitrogen and oxygen atoms in total. The van der Waals surface area contributed by atoms with E-state index >= 15 is 0 Å². The van der Waals surface area contributed by atoms with Crippen LogP contribution in [0, 0.1) is 0 Å². The van der Waals surface area contributed by atoms with Crippen LogP contribution in [0.5, 0.6) is 0 Å². The lowest BCUT2D eigenvalue weighted by Gasteiger charge is -2.28. The zero-order chi connectivity index (χ0) is 19.7. The maximum Gasteiger partial charge on any atom is 0.306 e. The van der Waals surface area contributed by atoms with E-state index in [1.54, 1.807) is 41.3 Å². The molecule has 0 saturated carbocycles. The molecule has 1 aliphatic heterocycles. The van der Waals surface area contributed by atoms with Crippen molar-refractivity contribution in [2.45, 2.75) is 38.5 Å². The molecule has 1 aliphatic rings. The van der Waals surface area contributed by atoms with Crippen molar-refractivity contribution >= 4 is 40.8 Å². The van der Waals surface area contributed by atoms with Gasteiger partial charge in [0.25, 0.3) is 5.91 Å². The van der Waals surface area contributed by atoms with Gasteiger partial charge in [-0.25, -0.2) is 0 Å². The van der Waals surface area contributed by atoms with Crippen LogP contribution in [0.3, 0.4) is 0 Å². The highest BCUT2D eigenvalue weighted by molar-refractivity contribution is 6.31. The lowest BCUT2D eigenvalue weighted by Crippen LogP contribution is -2.44. The molecule has 0 radical (unpaired) electrons. The van der Waals surface area contributed by atoms with E-state index in [4.69, 9.17) is 27.9 Å². The average Bonchev–Trinajstić information content (AvgIpc) is 2.70. The molecule has 1 heterocycles. The highest BCUT2D eigenvalue weighted by atomic mass is 35.5. The molecule has 1 N–H and O–H groups in total. The second-order valence-electron chi connectivity index (χ2n) is 6.63. The van der Waals surface area contributed by atoms with E-state index in [0.717, 1.165) is 0 Å². The van der Waals surface area contributed by atoms with Gasteiger partial charge in [-0.05, 0) is 38.1 Å². The zero-order valence-electron chi connectivity index (χ0n) is 14.9. The van der Waals surface area contributed by atoms with E-state index in [1.165, 1.54) is 0 Å². The number of hydrogen-bond donors (Lipinski definition) is 1. The third-order valence-electron chi connectivity index (χ3n) is 4.41. The van der Waals surface area contributed by atoms with Gasteiger partial charge < -0.3 is 14.7 Å². The van der Waals surface area contributed by atoms with Crippen LogP contribution in [0.4, 0.5) is 5.69 Å². The third kappa shape index (κ3) is 3.95. The number of carboxylic acids is 1. The van der Waals surface area contributed by atoms with Crippen molar-refractivity contribution in [2.75, 3.05) is 4.90 Å². The number of halogens is 2. The Morgan fingerprint density at radius 3 is 2.52 bits per heavy atom. The van der Waals surface area contributed by atoms with E-state index in [2.05, 4.69) is 0 Å². The Labute approximate surface area is 167 Å². The van der Waals surface area contributed by atoms with Crippen LogP contribution in [0.1, 0.15) is 37.5 Å². The summed E-state index contributed by atoms with van der Waals surface area (Å²) in [4.78, 5) is 26.0. The number of nitrogens with zero attached hydrogens (tertiary/aromatic N) is 1. The fraction of sp³-hybridized carbons (Fsp3) is 0.300. The van der Waals surface area contributed by atoms with Crippen LogP contribution >= 0.6 is 23.2 Å². The molecule has 2 unspecified atom stereocenters. The van der Waals surface area contributed by atoms with E-state index in [1.807, 2.05) is 19.9 Å². The highest BCUT2D eigenvalue weighted by Crippen LogP contribution is 2.42. The summed E-state index contributed by atoms with van der Waals surface area (Å²) in [6.45, 7) is 3.73. The van der Waals surface area contributed by atoms with Crippen LogP contribution in [0.2, 0.25) is 10.0 Å². The molecule has 2 atom stereocenters. The standard InChI is InChI=1S/C20H19Cl2NO4/c1-11(2)23-16-8-7-12(21)9-14(16)19(13-5-3-4-6-15(13)22)27-17(20(23)26)10-18(24)25/h3-9,11,17,19H,10H2,1-2H3,(H,24,25). The van der Waals surface area contributed by atoms with Crippen molar-refractivity contribution in [2.24, 2.45) is 0 Å². The van der Waals surface area contributed by atoms with E-state index in [9.17, 15) is 14.7 Å². The number of amides is 1. The summed E-state index contributed by atoms with van der Waals surface area (Å²) < 4.78 is 6.05. The van der Waals surface area contributed by atoms with E-state index < -0.39 is 30.5 Å². The lowest BCUT2D eigenvalue weighted by molar-refractivity contribution is -0.147. The molecule has 7 heteroatoms. The van der Waals surface area contributed by atoms with Gasteiger partial charge in [-0.3, -0.25) is 9.59 Å². The minimum atomic E-state index is -1.14. The number of fused-ring (bicyclic) bond motifs is 1. The van der Waals surface area contributed by atoms with Crippen molar-refractivity contribution in [1.82, 2.24) is 0 Å². The number of aliphatic carboxylic acids is 1. The van der Waals surface area contributed by atoms with Gasteiger partial charge in [-0.1, -0.05) is 41.4 Å². The predicted molar refractivity (Wildman–Crippen MR) is 104 cm³/mol. The summed E-state index contributed by atoms with van der Waals surface area (Å²) in [6.07, 6.45) is -2.30. The summed E-state index contributed by atoms with van der Waals surface area (Å²) >= 11 is 12.6. The third-order valence-corrected chi connectivity index (χ3v) is 4.99. The van der Waals surface area contributed by atoms with Gasteiger partial charge in [-0.15, -0.1) is 0 Å². The first-order chi connectivity index (χ1) is 12.8. The first-order valence-corrected chi connectivity index (χ1v) is 9.29. The Morgan fingerprint density at radius 2 is 1.89 bits per heavy atom. The SMILES string of the molecule is CC(C)N1C(=O)C(CC(=O)O)OC(c2ccccc2Cl)c2cc(Cl)ccc21. The smallest absolute Gasteiger partial charge is 0.306 e. The van der Waals surface area contributed by atoms with Crippen molar-refractivity contribution in [3.05, 3.63) is 63.6 Å². The molecule has 1 amide bonds. The Hall–Kier alpha value is -2.08. The Morgan fingerprint density at radius 1 is 1.19 bits per heavy atom.